The first-order valence-corrected chi connectivity index (χ1v) is 11.5. The lowest BCUT2D eigenvalue weighted by atomic mass is 10.0. The van der Waals surface area contributed by atoms with E-state index in [0.29, 0.717) is 37.8 Å². The molecule has 5 rings (SSSR count). The van der Waals surface area contributed by atoms with Gasteiger partial charge >= 0.3 is 5.97 Å². The van der Waals surface area contributed by atoms with Crippen LogP contribution in [0.1, 0.15) is 10.4 Å². The molecule has 3 N–H and O–H groups in total. The quantitative estimate of drug-likeness (QED) is 0.204. The molecule has 36 heavy (non-hydrogen) atoms. The number of aromatic nitrogens is 1. The molecule has 0 aliphatic heterocycles. The van der Waals surface area contributed by atoms with Crippen LogP contribution in [-0.4, -0.2) is 25.9 Å². The highest BCUT2D eigenvalue weighted by Gasteiger charge is 2.19. The Kier molecular flexibility index (Phi) is 6.10. The van der Waals surface area contributed by atoms with Crippen molar-refractivity contribution in [3.8, 4) is 28.4 Å². The molecule has 0 radical (unpaired) electrons. The summed E-state index contributed by atoms with van der Waals surface area (Å²) in [4.78, 5) is 11.3. The van der Waals surface area contributed by atoms with Crippen LogP contribution >= 0.6 is 23.2 Å². The summed E-state index contributed by atoms with van der Waals surface area (Å²) in [5.41, 5.74) is 2.63. The number of benzene rings is 4. The third-order valence-electron chi connectivity index (χ3n) is 5.68. The van der Waals surface area contributed by atoms with Gasteiger partial charge < -0.3 is 15.3 Å². The minimum absolute atomic E-state index is 0.0963. The van der Waals surface area contributed by atoms with Crippen LogP contribution in [0.15, 0.2) is 95.2 Å². The van der Waals surface area contributed by atoms with E-state index in [2.05, 4.69) is 10.2 Å². The Bertz CT molecular complexity index is 1680. The Labute approximate surface area is 215 Å². The maximum Gasteiger partial charge on any atom is 0.335 e. The summed E-state index contributed by atoms with van der Waals surface area (Å²) in [5.74, 6) is -1.40. The fourth-order valence-electron chi connectivity index (χ4n) is 3.96. The number of halogens is 2. The van der Waals surface area contributed by atoms with E-state index < -0.39 is 5.97 Å². The Balaban J connectivity index is 1.60. The zero-order valence-corrected chi connectivity index (χ0v) is 19.9. The second kappa shape index (κ2) is 9.37. The monoisotopic (exact) mass is 517 g/mol. The lowest BCUT2D eigenvalue weighted by molar-refractivity contribution is 0.0697. The van der Waals surface area contributed by atoms with Crippen molar-refractivity contribution < 1.29 is 20.1 Å². The van der Waals surface area contributed by atoms with E-state index in [0.717, 1.165) is 0 Å². The topological polar surface area (TPSA) is 107 Å². The molecule has 0 fully saturated rings. The zero-order valence-electron chi connectivity index (χ0n) is 18.4. The number of phenolic OH excluding ortho intramolecular Hbond substituents is 1. The molecular formula is C27H17Cl2N3O4. The number of azo groups is 1. The standard InChI is InChI=1S/C27H17Cl2N3O4/c28-20-12-11-17(14-21(20)29)32-23-10-2-1-7-19(23)24(26(32)34)31-30-22-9-4-8-18(25(22)33)15-5-3-6-16(13-15)27(35)36/h1-14,33-34H,(H,35,36). The molecule has 0 aliphatic carbocycles. The Hall–Kier alpha value is -4.33. The predicted octanol–water partition coefficient (Wildman–Crippen LogP) is 8.13. The van der Waals surface area contributed by atoms with E-state index in [-0.39, 0.29) is 28.6 Å². The summed E-state index contributed by atoms with van der Waals surface area (Å²) >= 11 is 12.3. The molecule has 0 amide bonds. The van der Waals surface area contributed by atoms with Crippen molar-refractivity contribution >= 4 is 51.4 Å². The van der Waals surface area contributed by atoms with Crippen LogP contribution in [0.5, 0.6) is 11.6 Å². The molecule has 0 bridgehead atoms. The van der Waals surface area contributed by atoms with Gasteiger partial charge in [0.25, 0.3) is 0 Å². The summed E-state index contributed by atoms with van der Waals surface area (Å²) in [6, 6.07) is 23.4. The van der Waals surface area contributed by atoms with Crippen LogP contribution in [0, 0.1) is 0 Å². The number of para-hydroxylation sites is 2. The predicted molar refractivity (Wildman–Crippen MR) is 140 cm³/mol. The summed E-state index contributed by atoms with van der Waals surface area (Å²) in [6.45, 7) is 0. The number of carbonyl (C=O) groups is 1. The van der Waals surface area contributed by atoms with Crippen LogP contribution in [0.3, 0.4) is 0 Å². The van der Waals surface area contributed by atoms with E-state index in [1.165, 1.54) is 12.1 Å². The van der Waals surface area contributed by atoms with E-state index in [4.69, 9.17) is 23.2 Å². The summed E-state index contributed by atoms with van der Waals surface area (Å²) in [6.07, 6.45) is 0. The number of carboxylic acid groups (broad SMARTS) is 1. The van der Waals surface area contributed by atoms with Gasteiger partial charge in [-0.05, 0) is 48.0 Å². The zero-order chi connectivity index (χ0) is 25.4. The number of aromatic carboxylic acids is 1. The van der Waals surface area contributed by atoms with Crippen molar-refractivity contribution in [2.45, 2.75) is 0 Å². The van der Waals surface area contributed by atoms with E-state index in [9.17, 15) is 20.1 Å². The molecule has 4 aromatic carbocycles. The van der Waals surface area contributed by atoms with Crippen LogP contribution in [0.2, 0.25) is 10.0 Å². The van der Waals surface area contributed by atoms with Crippen molar-refractivity contribution in [3.05, 3.63) is 101 Å². The number of aromatic hydroxyl groups is 2. The van der Waals surface area contributed by atoms with Gasteiger partial charge in [0.15, 0.2) is 11.4 Å². The molecule has 7 nitrogen and oxygen atoms in total. The van der Waals surface area contributed by atoms with Gasteiger partial charge in [-0.3, -0.25) is 4.57 Å². The molecule has 5 aromatic rings. The highest BCUT2D eigenvalue weighted by molar-refractivity contribution is 6.42. The SMILES string of the molecule is O=C(O)c1cccc(-c2cccc(N=Nc3c(O)n(-c4ccc(Cl)c(Cl)c4)c4ccccc34)c2O)c1. The number of fused-ring (bicyclic) bond motifs is 1. The molecule has 0 aliphatic rings. The van der Waals surface area contributed by atoms with Gasteiger partial charge in [-0.15, -0.1) is 10.2 Å². The molecule has 0 saturated carbocycles. The number of nitrogens with zero attached hydrogens (tertiary/aromatic N) is 3. The van der Waals surface area contributed by atoms with Gasteiger partial charge in [0.1, 0.15) is 5.69 Å². The van der Waals surface area contributed by atoms with E-state index >= 15 is 0 Å². The first kappa shape index (κ1) is 23.4. The summed E-state index contributed by atoms with van der Waals surface area (Å²) < 4.78 is 1.58. The van der Waals surface area contributed by atoms with E-state index in [1.54, 1.807) is 59.2 Å². The number of hydrogen-bond acceptors (Lipinski definition) is 5. The van der Waals surface area contributed by atoms with Crippen LogP contribution in [0.25, 0.3) is 27.7 Å². The van der Waals surface area contributed by atoms with Gasteiger partial charge in [-0.1, -0.05) is 65.7 Å². The minimum Gasteiger partial charge on any atom is -0.505 e. The van der Waals surface area contributed by atoms with Crippen LogP contribution < -0.4 is 0 Å². The van der Waals surface area contributed by atoms with Crippen molar-refractivity contribution in [1.82, 2.24) is 4.57 Å². The van der Waals surface area contributed by atoms with E-state index in [1.807, 2.05) is 18.2 Å². The second-order valence-corrected chi connectivity index (χ2v) is 8.70. The van der Waals surface area contributed by atoms with Gasteiger partial charge in [0.2, 0.25) is 5.88 Å². The second-order valence-electron chi connectivity index (χ2n) is 7.88. The fourth-order valence-corrected chi connectivity index (χ4v) is 4.25. The number of rotatable bonds is 5. The maximum absolute atomic E-state index is 11.3. The largest absolute Gasteiger partial charge is 0.505 e. The third-order valence-corrected chi connectivity index (χ3v) is 6.42. The molecule has 178 valence electrons. The minimum atomic E-state index is -1.07. The van der Waals surface area contributed by atoms with Crippen molar-refractivity contribution in [2.24, 2.45) is 10.2 Å². The average molecular weight is 518 g/mol. The molecule has 1 heterocycles. The van der Waals surface area contributed by atoms with Crippen LogP contribution in [-0.2, 0) is 0 Å². The van der Waals surface area contributed by atoms with Gasteiger partial charge in [-0.2, -0.15) is 0 Å². The number of hydrogen-bond donors (Lipinski definition) is 3. The molecule has 0 unspecified atom stereocenters. The highest BCUT2D eigenvalue weighted by Crippen LogP contribution is 2.44. The maximum atomic E-state index is 11.3. The number of carboxylic acids is 1. The Morgan fingerprint density at radius 3 is 2.36 bits per heavy atom. The normalized spacial score (nSPS) is 11.4. The summed E-state index contributed by atoms with van der Waals surface area (Å²) in [5, 5.41) is 41.1. The molecule has 0 atom stereocenters. The first-order chi connectivity index (χ1) is 17.3. The van der Waals surface area contributed by atoms with Gasteiger partial charge in [0, 0.05) is 10.9 Å². The smallest absolute Gasteiger partial charge is 0.335 e. The van der Waals surface area contributed by atoms with Crippen molar-refractivity contribution in [2.75, 3.05) is 0 Å². The van der Waals surface area contributed by atoms with Crippen molar-refractivity contribution in [3.63, 3.8) is 0 Å². The van der Waals surface area contributed by atoms with Crippen LogP contribution in [0.4, 0.5) is 11.4 Å². The molecular weight excluding hydrogens is 501 g/mol. The van der Waals surface area contributed by atoms with Gasteiger partial charge in [-0.25, -0.2) is 4.79 Å². The third kappa shape index (κ3) is 4.15. The average Bonchev–Trinajstić information content (AvgIpc) is 3.16. The van der Waals surface area contributed by atoms with Crippen molar-refractivity contribution in [1.29, 1.82) is 0 Å². The molecule has 1 aromatic heterocycles. The Morgan fingerprint density at radius 1 is 0.806 bits per heavy atom. The van der Waals surface area contributed by atoms with Gasteiger partial charge in [0.05, 0.1) is 26.8 Å². The summed E-state index contributed by atoms with van der Waals surface area (Å²) in [7, 11) is 0. The lowest BCUT2D eigenvalue weighted by Gasteiger charge is -2.08. The fraction of sp³-hybridized carbons (Fsp3) is 0. The molecule has 9 heteroatoms. The first-order valence-electron chi connectivity index (χ1n) is 10.7. The number of phenols is 1. The molecule has 0 saturated heterocycles. The lowest BCUT2D eigenvalue weighted by Crippen LogP contribution is -1.95. The molecule has 0 spiro atoms. The highest BCUT2D eigenvalue weighted by atomic mass is 35.5. The Morgan fingerprint density at radius 2 is 1.58 bits per heavy atom.